The van der Waals surface area contributed by atoms with Crippen molar-refractivity contribution >= 4 is 17.4 Å². The van der Waals surface area contributed by atoms with E-state index in [4.69, 9.17) is 4.74 Å². The molecule has 136 valence electrons. The molecule has 2 aromatic carbocycles. The van der Waals surface area contributed by atoms with Crippen LogP contribution in [0.15, 0.2) is 42.5 Å². The van der Waals surface area contributed by atoms with Gasteiger partial charge in [0, 0.05) is 16.8 Å². The Bertz CT molecular complexity index is 1040. The summed E-state index contributed by atoms with van der Waals surface area (Å²) in [5, 5.41) is 15.0. The molecule has 1 aromatic heterocycles. The van der Waals surface area contributed by atoms with Gasteiger partial charge in [0.15, 0.2) is 5.78 Å². The molecule has 1 atom stereocenters. The van der Waals surface area contributed by atoms with Gasteiger partial charge in [-0.3, -0.25) is 9.59 Å². The molecular weight excluding hydrogens is 346 g/mol. The van der Waals surface area contributed by atoms with Gasteiger partial charge in [-0.15, -0.1) is 10.2 Å². The number of benzene rings is 2. The van der Waals surface area contributed by atoms with Gasteiger partial charge in [-0.2, -0.15) is 4.80 Å². The third-order valence-electron chi connectivity index (χ3n) is 4.56. The maximum Gasteiger partial charge on any atom is 0.231 e. The lowest BCUT2D eigenvalue weighted by molar-refractivity contribution is -0.116. The van der Waals surface area contributed by atoms with Crippen LogP contribution in [0.25, 0.3) is 11.4 Å². The molecule has 3 aromatic rings. The Balaban J connectivity index is 1.53. The predicted octanol–water partition coefficient (Wildman–Crippen LogP) is 2.29. The van der Waals surface area contributed by atoms with Crippen LogP contribution in [0.5, 0.6) is 5.75 Å². The zero-order valence-electron chi connectivity index (χ0n) is 14.8. The number of hydrogen-bond acceptors (Lipinski definition) is 6. The molecule has 0 spiro atoms. The van der Waals surface area contributed by atoms with Crippen molar-refractivity contribution < 1.29 is 14.3 Å². The summed E-state index contributed by atoms with van der Waals surface area (Å²) < 4.78 is 5.19. The highest BCUT2D eigenvalue weighted by Crippen LogP contribution is 2.32. The minimum Gasteiger partial charge on any atom is -0.497 e. The number of nitrogens with one attached hydrogen (secondary N) is 1. The minimum atomic E-state index is -0.267. The number of amides is 1. The molecule has 0 fully saturated rings. The fourth-order valence-electron chi connectivity index (χ4n) is 3.00. The van der Waals surface area contributed by atoms with E-state index in [1.54, 1.807) is 31.4 Å². The van der Waals surface area contributed by atoms with Gasteiger partial charge in [0.05, 0.1) is 13.0 Å². The van der Waals surface area contributed by atoms with Crippen LogP contribution in [0, 0.1) is 0 Å². The number of ketones is 1. The predicted molar refractivity (Wildman–Crippen MR) is 97.6 cm³/mol. The van der Waals surface area contributed by atoms with E-state index in [9.17, 15) is 9.59 Å². The third-order valence-corrected chi connectivity index (χ3v) is 4.56. The molecule has 0 radical (unpaired) electrons. The molecule has 1 N–H and O–H groups in total. The first-order valence-corrected chi connectivity index (χ1v) is 8.45. The lowest BCUT2D eigenvalue weighted by Gasteiger charge is -2.05. The van der Waals surface area contributed by atoms with Crippen LogP contribution in [0.3, 0.4) is 0 Å². The Morgan fingerprint density at radius 1 is 1.26 bits per heavy atom. The van der Waals surface area contributed by atoms with Crippen molar-refractivity contribution in [2.45, 2.75) is 19.4 Å². The van der Waals surface area contributed by atoms with Gasteiger partial charge in [0.1, 0.15) is 12.3 Å². The molecule has 0 saturated heterocycles. The molecule has 0 aliphatic carbocycles. The molecule has 8 nitrogen and oxygen atoms in total. The van der Waals surface area contributed by atoms with E-state index in [-0.39, 0.29) is 24.2 Å². The Hall–Kier alpha value is -3.55. The van der Waals surface area contributed by atoms with Crippen molar-refractivity contribution in [2.24, 2.45) is 0 Å². The summed E-state index contributed by atoms with van der Waals surface area (Å²) in [5.74, 6) is 0.626. The van der Waals surface area contributed by atoms with Crippen molar-refractivity contribution in [3.8, 4) is 17.1 Å². The van der Waals surface area contributed by atoms with E-state index in [1.807, 2.05) is 25.1 Å². The molecule has 0 saturated carbocycles. The van der Waals surface area contributed by atoms with E-state index in [1.165, 1.54) is 4.80 Å². The van der Waals surface area contributed by atoms with E-state index in [0.29, 0.717) is 17.1 Å². The van der Waals surface area contributed by atoms with Gasteiger partial charge >= 0.3 is 0 Å². The van der Waals surface area contributed by atoms with Crippen molar-refractivity contribution in [1.29, 1.82) is 0 Å². The van der Waals surface area contributed by atoms with E-state index >= 15 is 0 Å². The van der Waals surface area contributed by atoms with Crippen LogP contribution in [0.4, 0.5) is 5.69 Å². The summed E-state index contributed by atoms with van der Waals surface area (Å²) in [6.45, 7) is 1.78. The molecule has 2 heterocycles. The molecule has 1 aliphatic heterocycles. The number of ether oxygens (including phenoxy) is 1. The second-order valence-corrected chi connectivity index (χ2v) is 6.31. The van der Waals surface area contributed by atoms with Gasteiger partial charge in [-0.05, 0) is 48.0 Å². The summed E-state index contributed by atoms with van der Waals surface area (Å²) in [7, 11) is 1.59. The average Bonchev–Trinajstić information content (AvgIpc) is 3.26. The van der Waals surface area contributed by atoms with Gasteiger partial charge in [-0.25, -0.2) is 0 Å². The van der Waals surface area contributed by atoms with Crippen molar-refractivity contribution in [1.82, 2.24) is 20.2 Å². The highest BCUT2D eigenvalue weighted by atomic mass is 16.5. The second-order valence-electron chi connectivity index (χ2n) is 6.31. The Morgan fingerprint density at radius 2 is 2.11 bits per heavy atom. The van der Waals surface area contributed by atoms with Crippen molar-refractivity contribution in [3.05, 3.63) is 53.6 Å². The monoisotopic (exact) mass is 363 g/mol. The van der Waals surface area contributed by atoms with Gasteiger partial charge in [-0.1, -0.05) is 12.1 Å². The molecule has 27 heavy (non-hydrogen) atoms. The molecule has 0 bridgehead atoms. The quantitative estimate of drug-likeness (QED) is 0.698. The number of hydrogen-bond donors (Lipinski definition) is 1. The van der Waals surface area contributed by atoms with Crippen LogP contribution in [-0.2, 0) is 11.3 Å². The Labute approximate surface area is 155 Å². The number of aromatic nitrogens is 4. The Morgan fingerprint density at radius 3 is 2.93 bits per heavy atom. The third kappa shape index (κ3) is 3.17. The molecule has 1 amide bonds. The highest BCUT2D eigenvalue weighted by molar-refractivity contribution is 6.04. The number of Topliss-reactive ketones (excluding diaryl/α,β-unsaturated/α-hetero) is 1. The maximum absolute atomic E-state index is 12.6. The van der Waals surface area contributed by atoms with Crippen molar-refractivity contribution in [3.63, 3.8) is 0 Å². The minimum absolute atomic E-state index is 0.0362. The zero-order chi connectivity index (χ0) is 19.0. The fourth-order valence-corrected chi connectivity index (χ4v) is 3.00. The number of anilines is 1. The zero-order valence-corrected chi connectivity index (χ0v) is 14.8. The summed E-state index contributed by atoms with van der Waals surface area (Å²) in [6, 6.07) is 12.5. The molecule has 1 aliphatic rings. The molecule has 4 rings (SSSR count). The SMILES string of the molecule is COc1cccc(-c2nnn(CC(=O)c3ccc4c(c3)[C@@H](C)C(=O)N4)n2)c1. The summed E-state index contributed by atoms with van der Waals surface area (Å²) in [5.41, 5.74) is 2.85. The summed E-state index contributed by atoms with van der Waals surface area (Å²) in [6.07, 6.45) is 0. The first-order chi connectivity index (χ1) is 13.0. The second kappa shape index (κ2) is 6.64. The lowest BCUT2D eigenvalue weighted by atomic mass is 9.99. The normalized spacial score (nSPS) is 15.3. The van der Waals surface area contributed by atoms with Gasteiger partial charge in [0.2, 0.25) is 11.7 Å². The molecular formula is C19H17N5O3. The average molecular weight is 363 g/mol. The van der Waals surface area contributed by atoms with Crippen LogP contribution in [0.1, 0.15) is 28.8 Å². The lowest BCUT2D eigenvalue weighted by Crippen LogP contribution is -2.13. The number of tetrazole rings is 1. The van der Waals surface area contributed by atoms with Crippen LogP contribution < -0.4 is 10.1 Å². The number of carbonyl (C=O) groups excluding carboxylic acids is 2. The fraction of sp³-hybridized carbons (Fsp3) is 0.211. The first kappa shape index (κ1) is 16.9. The number of methoxy groups -OCH3 is 1. The van der Waals surface area contributed by atoms with Crippen LogP contribution in [0.2, 0.25) is 0 Å². The number of fused-ring (bicyclic) bond motifs is 1. The van der Waals surface area contributed by atoms with Crippen LogP contribution in [-0.4, -0.2) is 39.0 Å². The summed E-state index contributed by atoms with van der Waals surface area (Å²) >= 11 is 0. The van der Waals surface area contributed by atoms with E-state index in [2.05, 4.69) is 20.7 Å². The van der Waals surface area contributed by atoms with Crippen LogP contribution >= 0.6 is 0 Å². The number of nitrogens with zero attached hydrogens (tertiary/aromatic N) is 4. The number of rotatable bonds is 5. The summed E-state index contributed by atoms with van der Waals surface area (Å²) in [4.78, 5) is 25.6. The molecule has 0 unspecified atom stereocenters. The highest BCUT2D eigenvalue weighted by Gasteiger charge is 2.27. The topological polar surface area (TPSA) is 99.0 Å². The van der Waals surface area contributed by atoms with Crippen molar-refractivity contribution in [2.75, 3.05) is 12.4 Å². The first-order valence-electron chi connectivity index (χ1n) is 8.45. The van der Waals surface area contributed by atoms with E-state index in [0.717, 1.165) is 16.8 Å². The molecule has 8 heteroatoms. The smallest absolute Gasteiger partial charge is 0.231 e. The Kier molecular flexibility index (Phi) is 4.15. The standard InChI is InChI=1S/C19H17N5O3/c1-11-15-9-12(6-7-16(15)20-19(11)26)17(25)10-24-22-18(21-23-24)13-4-3-5-14(8-13)27-2/h3-9,11H,10H2,1-2H3,(H,20,26)/t11-/m1/s1. The van der Waals surface area contributed by atoms with Gasteiger partial charge < -0.3 is 10.1 Å². The van der Waals surface area contributed by atoms with E-state index < -0.39 is 0 Å². The van der Waals surface area contributed by atoms with Gasteiger partial charge in [0.25, 0.3) is 0 Å². The number of carbonyl (C=O) groups is 2. The maximum atomic E-state index is 12.6. The largest absolute Gasteiger partial charge is 0.497 e.